The number of aryl methyl sites for hydroxylation is 2. The SMILES string of the molecule is CCc1nc(-c2ccc(NC(=C3C(=O)Nc4ccc([N+](=O)[O-])cc43)c3ccc(CCCN4CCCCC4)cc3)cc2)c[nH]1. The number of piperidine rings is 1. The highest BCUT2D eigenvalue weighted by Gasteiger charge is 2.30. The molecule has 1 saturated heterocycles. The summed E-state index contributed by atoms with van der Waals surface area (Å²) in [5.41, 5.74) is 6.67. The predicted octanol–water partition coefficient (Wildman–Crippen LogP) is 6.90. The van der Waals surface area contributed by atoms with Crippen LogP contribution in [-0.4, -0.2) is 45.3 Å². The Hall–Kier alpha value is -4.76. The van der Waals surface area contributed by atoms with Crippen molar-refractivity contribution in [3.05, 3.63) is 106 Å². The topological polar surface area (TPSA) is 116 Å². The summed E-state index contributed by atoms with van der Waals surface area (Å²) in [5, 5.41) is 17.9. The van der Waals surface area contributed by atoms with E-state index in [0.717, 1.165) is 54.1 Å². The molecule has 3 N–H and O–H groups in total. The lowest BCUT2D eigenvalue weighted by atomic mass is 9.98. The molecule has 3 aromatic carbocycles. The number of hydrogen-bond donors (Lipinski definition) is 3. The van der Waals surface area contributed by atoms with Crippen molar-refractivity contribution in [3.8, 4) is 11.3 Å². The first kappa shape index (κ1) is 28.4. The van der Waals surface area contributed by atoms with Crippen LogP contribution in [-0.2, 0) is 17.6 Å². The van der Waals surface area contributed by atoms with Crippen LogP contribution in [0.4, 0.5) is 17.1 Å². The van der Waals surface area contributed by atoms with Gasteiger partial charge < -0.3 is 20.5 Å². The van der Waals surface area contributed by atoms with E-state index in [9.17, 15) is 14.9 Å². The van der Waals surface area contributed by atoms with Crippen molar-refractivity contribution < 1.29 is 9.72 Å². The Balaban J connectivity index is 1.30. The van der Waals surface area contributed by atoms with Crippen molar-refractivity contribution in [1.29, 1.82) is 0 Å². The van der Waals surface area contributed by atoms with Gasteiger partial charge in [0, 0.05) is 47.3 Å². The molecule has 1 amide bonds. The first-order chi connectivity index (χ1) is 21.0. The molecule has 9 nitrogen and oxygen atoms in total. The molecule has 6 rings (SSSR count). The fourth-order valence-electron chi connectivity index (χ4n) is 5.88. The van der Waals surface area contributed by atoms with Crippen LogP contribution in [0.1, 0.15) is 55.1 Å². The number of rotatable bonds is 10. The van der Waals surface area contributed by atoms with Gasteiger partial charge in [0.15, 0.2) is 0 Å². The minimum Gasteiger partial charge on any atom is -0.354 e. The van der Waals surface area contributed by atoms with Crippen LogP contribution >= 0.6 is 0 Å². The number of hydrogen-bond acceptors (Lipinski definition) is 6. The number of benzene rings is 3. The van der Waals surface area contributed by atoms with Crippen LogP contribution < -0.4 is 10.6 Å². The molecule has 3 heterocycles. The number of nitro benzene ring substituents is 1. The van der Waals surface area contributed by atoms with Gasteiger partial charge in [0.25, 0.3) is 11.6 Å². The molecule has 1 aromatic heterocycles. The second-order valence-corrected chi connectivity index (χ2v) is 11.2. The van der Waals surface area contributed by atoms with Gasteiger partial charge in [-0.1, -0.05) is 49.7 Å². The third-order valence-electron chi connectivity index (χ3n) is 8.26. The second kappa shape index (κ2) is 12.6. The summed E-state index contributed by atoms with van der Waals surface area (Å²) in [5.74, 6) is 0.628. The van der Waals surface area contributed by atoms with Gasteiger partial charge in [-0.05, 0) is 74.6 Å². The number of amides is 1. The zero-order chi connectivity index (χ0) is 29.8. The first-order valence-electron chi connectivity index (χ1n) is 15.1. The average Bonchev–Trinajstić information content (AvgIpc) is 3.65. The number of nitrogens with zero attached hydrogens (tertiary/aromatic N) is 3. The van der Waals surface area contributed by atoms with E-state index in [1.807, 2.05) is 42.6 Å². The smallest absolute Gasteiger partial charge is 0.270 e. The maximum atomic E-state index is 13.4. The van der Waals surface area contributed by atoms with E-state index in [2.05, 4.69) is 44.6 Å². The fourth-order valence-corrected chi connectivity index (χ4v) is 5.88. The standard InChI is InChI=1S/C34H36N6O3/c1-2-31-35-22-30(37-31)24-12-14-26(15-13-24)36-33(32-28-21-27(40(42)43)16-17-29(28)38-34(32)41)25-10-8-23(9-11-25)7-6-20-39-18-4-3-5-19-39/h8-17,21-22,36H,2-7,18-20H2,1H3,(H,35,37)(H,38,41). The van der Waals surface area contributed by atoms with E-state index in [4.69, 9.17) is 0 Å². The molecule has 0 unspecified atom stereocenters. The van der Waals surface area contributed by atoms with E-state index in [1.165, 1.54) is 50.0 Å². The van der Waals surface area contributed by atoms with Gasteiger partial charge in [0.05, 0.1) is 21.9 Å². The molecule has 0 aliphatic carbocycles. The van der Waals surface area contributed by atoms with Gasteiger partial charge in [0.1, 0.15) is 5.82 Å². The Kier molecular flexibility index (Phi) is 8.33. The maximum absolute atomic E-state index is 13.4. The number of aromatic amines is 1. The molecule has 0 spiro atoms. The zero-order valence-corrected chi connectivity index (χ0v) is 24.4. The van der Waals surface area contributed by atoms with Crippen LogP contribution in [0.5, 0.6) is 0 Å². The molecule has 220 valence electrons. The largest absolute Gasteiger partial charge is 0.354 e. The number of carbonyl (C=O) groups is 1. The van der Waals surface area contributed by atoms with Crippen molar-refractivity contribution >= 4 is 34.2 Å². The monoisotopic (exact) mass is 576 g/mol. The maximum Gasteiger partial charge on any atom is 0.270 e. The number of anilines is 2. The number of aromatic nitrogens is 2. The lowest BCUT2D eigenvalue weighted by Crippen LogP contribution is -2.30. The molecule has 43 heavy (non-hydrogen) atoms. The highest BCUT2D eigenvalue weighted by atomic mass is 16.6. The summed E-state index contributed by atoms with van der Waals surface area (Å²) in [4.78, 5) is 34.8. The number of likely N-dealkylation sites (tertiary alicyclic amines) is 1. The highest BCUT2D eigenvalue weighted by molar-refractivity contribution is 6.37. The Morgan fingerprint density at radius 3 is 2.49 bits per heavy atom. The van der Waals surface area contributed by atoms with Crippen LogP contribution in [0.2, 0.25) is 0 Å². The van der Waals surface area contributed by atoms with Crippen LogP contribution in [0.3, 0.4) is 0 Å². The molecule has 0 bridgehead atoms. The molecule has 1 fully saturated rings. The molecule has 2 aliphatic heterocycles. The van der Waals surface area contributed by atoms with Crippen LogP contribution in [0.25, 0.3) is 22.5 Å². The number of nitrogens with one attached hydrogen (secondary N) is 3. The number of H-pyrrole nitrogens is 1. The summed E-state index contributed by atoms with van der Waals surface area (Å²) in [6.45, 7) is 5.57. The first-order valence-corrected chi connectivity index (χ1v) is 15.1. The number of carbonyl (C=O) groups excluding carboxylic acids is 1. The average molecular weight is 577 g/mol. The van der Waals surface area contributed by atoms with Crippen molar-refractivity contribution in [2.45, 2.75) is 45.4 Å². The van der Waals surface area contributed by atoms with Gasteiger partial charge in [-0.3, -0.25) is 14.9 Å². The third-order valence-corrected chi connectivity index (χ3v) is 8.26. The van der Waals surface area contributed by atoms with Gasteiger partial charge in [0.2, 0.25) is 0 Å². The predicted molar refractivity (Wildman–Crippen MR) is 171 cm³/mol. The number of fused-ring (bicyclic) bond motifs is 1. The van der Waals surface area contributed by atoms with Gasteiger partial charge in [-0.15, -0.1) is 0 Å². The molecular formula is C34H36N6O3. The van der Waals surface area contributed by atoms with E-state index in [0.29, 0.717) is 22.5 Å². The molecule has 0 radical (unpaired) electrons. The fraction of sp³-hybridized carbons (Fsp3) is 0.294. The van der Waals surface area contributed by atoms with Gasteiger partial charge >= 0.3 is 0 Å². The summed E-state index contributed by atoms with van der Waals surface area (Å²) < 4.78 is 0. The number of nitro groups is 1. The van der Waals surface area contributed by atoms with Crippen LogP contribution in [0.15, 0.2) is 72.9 Å². The molecule has 2 aliphatic rings. The Labute approximate surface area is 251 Å². The minimum atomic E-state index is -0.440. The van der Waals surface area contributed by atoms with Crippen molar-refractivity contribution in [2.75, 3.05) is 30.3 Å². The summed E-state index contributed by atoms with van der Waals surface area (Å²) >= 11 is 0. The van der Waals surface area contributed by atoms with E-state index in [-0.39, 0.29) is 11.6 Å². The molecule has 0 atom stereocenters. The normalized spacial score (nSPS) is 16.1. The summed E-state index contributed by atoms with van der Waals surface area (Å²) in [6.07, 6.45) is 8.75. The van der Waals surface area contributed by atoms with Crippen LogP contribution in [0, 0.1) is 10.1 Å². The lowest BCUT2D eigenvalue weighted by molar-refractivity contribution is -0.384. The van der Waals surface area contributed by atoms with E-state index in [1.54, 1.807) is 6.07 Å². The lowest BCUT2D eigenvalue weighted by Gasteiger charge is -2.26. The van der Waals surface area contributed by atoms with Crippen molar-refractivity contribution in [2.24, 2.45) is 0 Å². The van der Waals surface area contributed by atoms with E-state index >= 15 is 0 Å². The van der Waals surface area contributed by atoms with Gasteiger partial charge in [-0.2, -0.15) is 0 Å². The van der Waals surface area contributed by atoms with Crippen molar-refractivity contribution in [3.63, 3.8) is 0 Å². The van der Waals surface area contributed by atoms with E-state index < -0.39 is 4.92 Å². The summed E-state index contributed by atoms with van der Waals surface area (Å²) in [6, 6.07) is 20.6. The third kappa shape index (κ3) is 6.36. The summed E-state index contributed by atoms with van der Waals surface area (Å²) in [7, 11) is 0. The number of imidazole rings is 1. The molecule has 9 heteroatoms. The minimum absolute atomic E-state index is 0.0639. The zero-order valence-electron chi connectivity index (χ0n) is 24.4. The molecule has 0 saturated carbocycles. The Morgan fingerprint density at radius 2 is 1.79 bits per heavy atom. The quantitative estimate of drug-likeness (QED) is 0.107. The van der Waals surface area contributed by atoms with Crippen molar-refractivity contribution in [1.82, 2.24) is 14.9 Å². The molecular weight excluding hydrogens is 540 g/mol. The highest BCUT2D eigenvalue weighted by Crippen LogP contribution is 2.39. The number of non-ortho nitro benzene ring substituents is 1. The second-order valence-electron chi connectivity index (χ2n) is 11.2. The van der Waals surface area contributed by atoms with Gasteiger partial charge in [-0.25, -0.2) is 4.98 Å². The molecule has 4 aromatic rings. The Bertz CT molecular complexity index is 1650. The Morgan fingerprint density at radius 1 is 1.02 bits per heavy atom.